The van der Waals surface area contributed by atoms with E-state index in [1.165, 1.54) is 5.56 Å². The summed E-state index contributed by atoms with van der Waals surface area (Å²) in [7, 11) is 0. The molecule has 0 bridgehead atoms. The second-order valence-corrected chi connectivity index (χ2v) is 5.79. The van der Waals surface area contributed by atoms with E-state index in [0.717, 1.165) is 23.3 Å². The number of carbonyl (C=O) groups is 1. The maximum absolute atomic E-state index is 12.6. The number of hydrogen-bond acceptors (Lipinski definition) is 2. The van der Waals surface area contributed by atoms with E-state index in [0.29, 0.717) is 5.78 Å². The molecule has 0 unspecified atom stereocenters. The van der Waals surface area contributed by atoms with Gasteiger partial charge in [-0.25, -0.2) is 0 Å². The highest BCUT2D eigenvalue weighted by Gasteiger charge is 2.51. The highest BCUT2D eigenvalue weighted by molar-refractivity contribution is 7.10. The number of carbonyl (C=O) groups excluding carboxylic acids is 1. The summed E-state index contributed by atoms with van der Waals surface area (Å²) in [4.78, 5) is 13.8. The molecule has 0 N–H and O–H groups in total. The van der Waals surface area contributed by atoms with Crippen LogP contribution in [0.3, 0.4) is 0 Å². The van der Waals surface area contributed by atoms with Crippen molar-refractivity contribution in [2.24, 2.45) is 0 Å². The minimum absolute atomic E-state index is 0.215. The summed E-state index contributed by atoms with van der Waals surface area (Å²) in [5, 5.41) is 2.00. The number of hydrogen-bond donors (Lipinski definition) is 0. The van der Waals surface area contributed by atoms with Gasteiger partial charge in [0.05, 0.1) is 5.41 Å². The van der Waals surface area contributed by atoms with Gasteiger partial charge in [-0.3, -0.25) is 4.79 Å². The topological polar surface area (TPSA) is 17.1 Å². The molecule has 0 aliphatic heterocycles. The minimum Gasteiger partial charge on any atom is -0.293 e. The zero-order chi connectivity index (χ0) is 11.9. The van der Waals surface area contributed by atoms with E-state index in [4.69, 9.17) is 0 Å². The van der Waals surface area contributed by atoms with Gasteiger partial charge in [-0.05, 0) is 36.8 Å². The average molecular weight is 242 g/mol. The summed E-state index contributed by atoms with van der Waals surface area (Å²) in [6, 6.07) is 12.1. The molecule has 0 saturated heterocycles. The number of aryl methyl sites for hydroxylation is 1. The Balaban J connectivity index is 2.00. The first-order valence-electron chi connectivity index (χ1n) is 5.88. The zero-order valence-corrected chi connectivity index (χ0v) is 10.6. The lowest BCUT2D eigenvalue weighted by Gasteiger charge is -2.14. The van der Waals surface area contributed by atoms with Gasteiger partial charge < -0.3 is 0 Å². The van der Waals surface area contributed by atoms with Gasteiger partial charge in [-0.15, -0.1) is 11.3 Å². The number of rotatable bonds is 3. The van der Waals surface area contributed by atoms with Crippen molar-refractivity contribution in [1.29, 1.82) is 0 Å². The highest BCUT2D eigenvalue weighted by Crippen LogP contribution is 2.50. The summed E-state index contributed by atoms with van der Waals surface area (Å²) in [6.07, 6.45) is 1.98. The Bertz CT molecular complexity index is 549. The van der Waals surface area contributed by atoms with E-state index in [-0.39, 0.29) is 5.41 Å². The first-order valence-corrected chi connectivity index (χ1v) is 6.76. The molecule has 0 amide bonds. The van der Waals surface area contributed by atoms with Gasteiger partial charge in [0.2, 0.25) is 0 Å². The van der Waals surface area contributed by atoms with Crippen molar-refractivity contribution in [2.45, 2.75) is 25.2 Å². The molecule has 17 heavy (non-hydrogen) atoms. The number of thiophene rings is 1. The van der Waals surface area contributed by atoms with Crippen LogP contribution in [0.25, 0.3) is 0 Å². The average Bonchev–Trinajstić information content (AvgIpc) is 3.07. The molecule has 86 valence electrons. The van der Waals surface area contributed by atoms with Crippen LogP contribution < -0.4 is 0 Å². The molecule has 1 heterocycles. The normalized spacial score (nSPS) is 16.8. The van der Waals surface area contributed by atoms with Gasteiger partial charge in [0.15, 0.2) is 5.78 Å². The second kappa shape index (κ2) is 3.81. The van der Waals surface area contributed by atoms with E-state index < -0.39 is 0 Å². The SMILES string of the molecule is Cc1sccc1C(=O)C1(c2ccccc2)CC1. The predicted octanol–water partition coefficient (Wildman–Crippen LogP) is 3.97. The van der Waals surface area contributed by atoms with Crippen LogP contribution in [-0.4, -0.2) is 5.78 Å². The lowest BCUT2D eigenvalue weighted by Crippen LogP contribution is -2.20. The van der Waals surface area contributed by atoms with Crippen molar-refractivity contribution in [1.82, 2.24) is 0 Å². The summed E-state index contributed by atoms with van der Waals surface area (Å²) >= 11 is 1.65. The first kappa shape index (κ1) is 10.7. The van der Waals surface area contributed by atoms with E-state index in [2.05, 4.69) is 12.1 Å². The van der Waals surface area contributed by atoms with Crippen LogP contribution >= 0.6 is 11.3 Å². The lowest BCUT2D eigenvalue weighted by atomic mass is 9.88. The Morgan fingerprint density at radius 2 is 1.88 bits per heavy atom. The van der Waals surface area contributed by atoms with E-state index in [9.17, 15) is 4.79 Å². The fourth-order valence-corrected chi connectivity index (χ4v) is 3.10. The van der Waals surface area contributed by atoms with Gasteiger partial charge in [-0.1, -0.05) is 30.3 Å². The predicted molar refractivity (Wildman–Crippen MR) is 70.7 cm³/mol. The van der Waals surface area contributed by atoms with Crippen LogP contribution in [0.4, 0.5) is 0 Å². The van der Waals surface area contributed by atoms with Gasteiger partial charge in [0.25, 0.3) is 0 Å². The molecular weight excluding hydrogens is 228 g/mol. The van der Waals surface area contributed by atoms with Crippen molar-refractivity contribution < 1.29 is 4.79 Å². The van der Waals surface area contributed by atoms with Crippen molar-refractivity contribution >= 4 is 17.1 Å². The smallest absolute Gasteiger partial charge is 0.174 e. The maximum atomic E-state index is 12.6. The summed E-state index contributed by atoms with van der Waals surface area (Å²) in [5.41, 5.74) is 1.87. The fraction of sp³-hybridized carbons (Fsp3) is 0.267. The molecule has 0 radical (unpaired) electrons. The Kier molecular flexibility index (Phi) is 2.40. The van der Waals surface area contributed by atoms with Gasteiger partial charge in [-0.2, -0.15) is 0 Å². The number of ketones is 1. The Morgan fingerprint density at radius 3 is 2.41 bits per heavy atom. The Morgan fingerprint density at radius 1 is 1.18 bits per heavy atom. The molecule has 1 aliphatic carbocycles. The molecule has 1 aromatic heterocycles. The summed E-state index contributed by atoms with van der Waals surface area (Å²) in [5.74, 6) is 0.308. The van der Waals surface area contributed by atoms with E-state index in [1.807, 2.05) is 36.6 Å². The van der Waals surface area contributed by atoms with Gasteiger partial charge >= 0.3 is 0 Å². The van der Waals surface area contributed by atoms with Crippen LogP contribution in [0, 0.1) is 6.92 Å². The molecule has 1 fully saturated rings. The zero-order valence-electron chi connectivity index (χ0n) is 9.77. The van der Waals surface area contributed by atoms with Crippen LogP contribution in [-0.2, 0) is 5.41 Å². The molecule has 2 heteroatoms. The second-order valence-electron chi connectivity index (χ2n) is 4.67. The standard InChI is InChI=1S/C15H14OS/c1-11-13(7-10-17-11)14(16)15(8-9-15)12-5-3-2-4-6-12/h2-7,10H,8-9H2,1H3. The molecule has 1 saturated carbocycles. The quantitative estimate of drug-likeness (QED) is 0.744. The van der Waals surface area contributed by atoms with E-state index >= 15 is 0 Å². The van der Waals surface area contributed by atoms with Crippen molar-refractivity contribution in [3.8, 4) is 0 Å². The third kappa shape index (κ3) is 1.64. The molecule has 1 aromatic carbocycles. The molecule has 0 atom stereocenters. The molecule has 1 nitrogen and oxygen atoms in total. The monoisotopic (exact) mass is 242 g/mol. The third-order valence-electron chi connectivity index (χ3n) is 3.61. The Labute approximate surface area is 105 Å². The van der Waals surface area contributed by atoms with Crippen LogP contribution in [0.1, 0.15) is 33.6 Å². The summed E-state index contributed by atoms with van der Waals surface area (Å²) in [6.45, 7) is 2.03. The largest absolute Gasteiger partial charge is 0.293 e. The van der Waals surface area contributed by atoms with Gasteiger partial charge in [0.1, 0.15) is 0 Å². The maximum Gasteiger partial charge on any atom is 0.174 e. The van der Waals surface area contributed by atoms with Crippen LogP contribution in [0.5, 0.6) is 0 Å². The summed E-state index contributed by atoms with van der Waals surface area (Å²) < 4.78 is 0. The third-order valence-corrected chi connectivity index (χ3v) is 4.46. The number of Topliss-reactive ketones (excluding diaryl/α,β-unsaturated/α-hetero) is 1. The fourth-order valence-electron chi connectivity index (χ4n) is 2.41. The van der Waals surface area contributed by atoms with Crippen molar-refractivity contribution in [3.05, 3.63) is 57.8 Å². The van der Waals surface area contributed by atoms with Crippen LogP contribution in [0.2, 0.25) is 0 Å². The van der Waals surface area contributed by atoms with Crippen molar-refractivity contribution in [3.63, 3.8) is 0 Å². The Hall–Kier alpha value is -1.41. The molecule has 0 spiro atoms. The highest BCUT2D eigenvalue weighted by atomic mass is 32.1. The molecule has 1 aliphatic rings. The molecular formula is C15H14OS. The number of benzene rings is 1. The van der Waals surface area contributed by atoms with Crippen molar-refractivity contribution in [2.75, 3.05) is 0 Å². The van der Waals surface area contributed by atoms with E-state index in [1.54, 1.807) is 11.3 Å². The lowest BCUT2D eigenvalue weighted by molar-refractivity contribution is 0.0946. The first-order chi connectivity index (χ1) is 8.24. The molecule has 2 aromatic rings. The molecule has 3 rings (SSSR count). The minimum atomic E-state index is -0.215. The van der Waals surface area contributed by atoms with Gasteiger partial charge in [0, 0.05) is 10.4 Å². The van der Waals surface area contributed by atoms with Crippen LogP contribution in [0.15, 0.2) is 41.8 Å².